The fraction of sp³-hybridized carbons (Fsp3) is 0.600. The van der Waals surface area contributed by atoms with Crippen molar-refractivity contribution in [2.45, 2.75) is 32.7 Å². The molecule has 2 rings (SSSR count). The molecule has 0 unspecified atom stereocenters. The van der Waals surface area contributed by atoms with E-state index < -0.39 is 0 Å². The van der Waals surface area contributed by atoms with Crippen LogP contribution in [0.1, 0.15) is 32.7 Å². The van der Waals surface area contributed by atoms with Gasteiger partial charge in [-0.15, -0.1) is 0 Å². The first-order chi connectivity index (χ1) is 6.68. The molecule has 1 N–H and O–H groups in total. The Hall–Kier alpha value is -1.32. The summed E-state index contributed by atoms with van der Waals surface area (Å²) in [5.74, 6) is 0.716. The molecule has 0 aliphatic carbocycles. The maximum Gasteiger partial charge on any atom is 0.100 e. The first-order valence-corrected chi connectivity index (χ1v) is 5.07. The van der Waals surface area contributed by atoms with Gasteiger partial charge in [0.2, 0.25) is 0 Å². The third-order valence-corrected chi connectivity index (χ3v) is 2.55. The Balaban J connectivity index is 2.20. The molecule has 4 nitrogen and oxygen atoms in total. The maximum atomic E-state index is 7.75. The Morgan fingerprint density at radius 1 is 1.50 bits per heavy atom. The van der Waals surface area contributed by atoms with Crippen LogP contribution in [-0.2, 0) is 0 Å². The molecule has 14 heavy (non-hydrogen) atoms. The van der Waals surface area contributed by atoms with Crippen molar-refractivity contribution in [1.29, 1.82) is 5.41 Å². The predicted molar refractivity (Wildman–Crippen MR) is 56.9 cm³/mol. The monoisotopic (exact) mass is 192 g/mol. The zero-order chi connectivity index (χ0) is 10.1. The van der Waals surface area contributed by atoms with Crippen molar-refractivity contribution < 1.29 is 0 Å². The van der Waals surface area contributed by atoms with Crippen molar-refractivity contribution in [3.05, 3.63) is 12.4 Å². The molecule has 1 aromatic heterocycles. The van der Waals surface area contributed by atoms with E-state index in [4.69, 9.17) is 5.41 Å². The first kappa shape index (κ1) is 9.24. The zero-order valence-corrected chi connectivity index (χ0v) is 8.70. The molecule has 4 heteroatoms. The highest BCUT2D eigenvalue weighted by Crippen LogP contribution is 2.21. The second-order valence-electron chi connectivity index (χ2n) is 3.97. The van der Waals surface area contributed by atoms with Crippen molar-refractivity contribution in [1.82, 2.24) is 9.78 Å². The molecule has 0 aromatic carbocycles. The lowest BCUT2D eigenvalue weighted by molar-refractivity contribution is 0.532. The lowest BCUT2D eigenvalue weighted by Crippen LogP contribution is -2.22. The van der Waals surface area contributed by atoms with E-state index in [2.05, 4.69) is 18.9 Å². The van der Waals surface area contributed by atoms with Gasteiger partial charge in [0.05, 0.1) is 11.9 Å². The quantitative estimate of drug-likeness (QED) is 0.779. The number of anilines is 1. The summed E-state index contributed by atoms with van der Waals surface area (Å²) in [5.41, 5.74) is 1.06. The highest BCUT2D eigenvalue weighted by atomic mass is 15.3. The van der Waals surface area contributed by atoms with Crippen LogP contribution in [0.15, 0.2) is 12.4 Å². The van der Waals surface area contributed by atoms with E-state index >= 15 is 0 Å². The predicted octanol–water partition coefficient (Wildman–Crippen LogP) is 2.04. The summed E-state index contributed by atoms with van der Waals surface area (Å²) in [7, 11) is 0. The second kappa shape index (κ2) is 3.44. The number of rotatable bonds is 2. The van der Waals surface area contributed by atoms with Gasteiger partial charge in [-0.2, -0.15) is 5.10 Å². The van der Waals surface area contributed by atoms with Crippen molar-refractivity contribution in [3.8, 4) is 0 Å². The molecule has 2 heterocycles. The molecule has 0 bridgehead atoms. The molecule has 1 fully saturated rings. The molecule has 1 aliphatic heterocycles. The van der Waals surface area contributed by atoms with Crippen LogP contribution in [0.2, 0.25) is 0 Å². The van der Waals surface area contributed by atoms with Crippen LogP contribution in [-0.4, -0.2) is 22.2 Å². The van der Waals surface area contributed by atoms with Gasteiger partial charge in [0.15, 0.2) is 0 Å². The molecule has 0 radical (unpaired) electrons. The summed E-state index contributed by atoms with van der Waals surface area (Å²) in [4.78, 5) is 2.03. The Kier molecular flexibility index (Phi) is 2.27. The summed E-state index contributed by atoms with van der Waals surface area (Å²) in [5, 5.41) is 12.0. The average Bonchev–Trinajstić information content (AvgIpc) is 2.71. The molecule has 1 aliphatic rings. The van der Waals surface area contributed by atoms with E-state index in [0.29, 0.717) is 11.9 Å². The fourth-order valence-corrected chi connectivity index (χ4v) is 1.71. The van der Waals surface area contributed by atoms with Gasteiger partial charge in [0, 0.05) is 25.2 Å². The summed E-state index contributed by atoms with van der Waals surface area (Å²) in [6, 6.07) is 0.389. The van der Waals surface area contributed by atoms with Gasteiger partial charge in [-0.25, -0.2) is 0 Å². The van der Waals surface area contributed by atoms with E-state index in [1.807, 2.05) is 22.0 Å². The normalized spacial score (nSPS) is 17.1. The Morgan fingerprint density at radius 2 is 2.29 bits per heavy atom. The zero-order valence-electron chi connectivity index (χ0n) is 8.70. The van der Waals surface area contributed by atoms with Crippen LogP contribution in [0.5, 0.6) is 0 Å². The molecule has 1 saturated heterocycles. The minimum absolute atomic E-state index is 0.389. The first-order valence-electron chi connectivity index (χ1n) is 5.07. The second-order valence-corrected chi connectivity index (χ2v) is 3.97. The molecule has 0 atom stereocenters. The summed E-state index contributed by atoms with van der Waals surface area (Å²) in [6.45, 7) is 5.17. The minimum Gasteiger partial charge on any atom is -0.328 e. The number of hydrogen-bond acceptors (Lipinski definition) is 2. The van der Waals surface area contributed by atoms with Gasteiger partial charge in [0.1, 0.15) is 5.84 Å². The van der Waals surface area contributed by atoms with Crippen LogP contribution in [0, 0.1) is 5.41 Å². The maximum absolute atomic E-state index is 7.75. The number of aromatic nitrogens is 2. The molecule has 0 amide bonds. The van der Waals surface area contributed by atoms with Gasteiger partial charge in [-0.05, 0) is 20.3 Å². The summed E-state index contributed by atoms with van der Waals surface area (Å²) >= 11 is 0. The highest BCUT2D eigenvalue weighted by molar-refractivity contribution is 5.97. The molecule has 0 saturated carbocycles. The smallest absolute Gasteiger partial charge is 0.100 e. The Morgan fingerprint density at radius 3 is 2.79 bits per heavy atom. The Labute approximate surface area is 84.0 Å². The van der Waals surface area contributed by atoms with Crippen molar-refractivity contribution >= 4 is 11.5 Å². The third kappa shape index (κ3) is 1.52. The largest absolute Gasteiger partial charge is 0.328 e. The van der Waals surface area contributed by atoms with Crippen LogP contribution < -0.4 is 4.90 Å². The SMILES string of the molecule is CC(C)n1cc(N2CCCC2=N)cn1. The van der Waals surface area contributed by atoms with Crippen molar-refractivity contribution in [3.63, 3.8) is 0 Å². The van der Waals surface area contributed by atoms with Gasteiger partial charge in [-0.3, -0.25) is 10.1 Å². The molecule has 1 aromatic rings. The van der Waals surface area contributed by atoms with E-state index in [1.165, 1.54) is 0 Å². The fourth-order valence-electron chi connectivity index (χ4n) is 1.71. The van der Waals surface area contributed by atoms with Crippen LogP contribution >= 0.6 is 0 Å². The highest BCUT2D eigenvalue weighted by Gasteiger charge is 2.19. The molecule has 0 spiro atoms. The van der Waals surface area contributed by atoms with E-state index in [-0.39, 0.29) is 0 Å². The van der Waals surface area contributed by atoms with Crippen molar-refractivity contribution in [2.24, 2.45) is 0 Å². The number of nitrogens with zero attached hydrogens (tertiary/aromatic N) is 3. The van der Waals surface area contributed by atoms with Crippen LogP contribution in [0.4, 0.5) is 5.69 Å². The van der Waals surface area contributed by atoms with Gasteiger partial charge < -0.3 is 4.90 Å². The molecule has 76 valence electrons. The van der Waals surface area contributed by atoms with E-state index in [1.54, 1.807) is 0 Å². The number of amidine groups is 1. The molecular formula is C10H16N4. The standard InChI is InChI=1S/C10H16N4/c1-8(2)14-7-9(6-12-14)13-5-3-4-10(13)11/h6-8,11H,3-5H2,1-2H3. The Bertz CT molecular complexity index is 340. The van der Waals surface area contributed by atoms with Crippen LogP contribution in [0.3, 0.4) is 0 Å². The van der Waals surface area contributed by atoms with E-state index in [0.717, 1.165) is 25.1 Å². The summed E-state index contributed by atoms with van der Waals surface area (Å²) in [6.07, 6.45) is 5.85. The van der Waals surface area contributed by atoms with Crippen molar-refractivity contribution in [2.75, 3.05) is 11.4 Å². The van der Waals surface area contributed by atoms with Gasteiger partial charge in [0.25, 0.3) is 0 Å². The van der Waals surface area contributed by atoms with E-state index in [9.17, 15) is 0 Å². The topological polar surface area (TPSA) is 44.9 Å². The summed E-state index contributed by atoms with van der Waals surface area (Å²) < 4.78 is 1.93. The van der Waals surface area contributed by atoms with Gasteiger partial charge in [-0.1, -0.05) is 0 Å². The van der Waals surface area contributed by atoms with Gasteiger partial charge >= 0.3 is 0 Å². The lowest BCUT2D eigenvalue weighted by atomic mass is 10.4. The number of nitrogens with one attached hydrogen (secondary N) is 1. The minimum atomic E-state index is 0.389. The molecular weight excluding hydrogens is 176 g/mol. The number of hydrogen-bond donors (Lipinski definition) is 1. The van der Waals surface area contributed by atoms with Crippen LogP contribution in [0.25, 0.3) is 0 Å². The third-order valence-electron chi connectivity index (χ3n) is 2.55. The average molecular weight is 192 g/mol. The lowest BCUT2D eigenvalue weighted by Gasteiger charge is -2.14.